The van der Waals surface area contributed by atoms with Crippen LogP contribution in [-0.2, 0) is 17.6 Å². The molecule has 7 heteroatoms. The first-order valence-electron chi connectivity index (χ1n) is 9.45. The van der Waals surface area contributed by atoms with Crippen LogP contribution in [0.5, 0.6) is 5.75 Å². The van der Waals surface area contributed by atoms with Crippen molar-refractivity contribution in [3.8, 4) is 17.1 Å². The number of anilines is 1. The van der Waals surface area contributed by atoms with Gasteiger partial charge in [-0.05, 0) is 41.5 Å². The van der Waals surface area contributed by atoms with Gasteiger partial charge in [-0.1, -0.05) is 35.5 Å². The molecular weight excluding hydrogens is 380 g/mol. The molecule has 0 spiro atoms. The lowest BCUT2D eigenvalue weighted by molar-refractivity contribution is -0.115. The van der Waals surface area contributed by atoms with Gasteiger partial charge < -0.3 is 14.6 Å². The second-order valence-corrected chi connectivity index (χ2v) is 6.66. The summed E-state index contributed by atoms with van der Waals surface area (Å²) in [5.41, 5.74) is 3.32. The van der Waals surface area contributed by atoms with E-state index < -0.39 is 0 Å². The summed E-state index contributed by atoms with van der Waals surface area (Å²) < 4.78 is 10.6. The highest BCUT2D eigenvalue weighted by molar-refractivity contribution is 5.93. The number of pyridine rings is 1. The van der Waals surface area contributed by atoms with Crippen LogP contribution in [0, 0.1) is 0 Å². The van der Waals surface area contributed by atoms with E-state index in [0.29, 0.717) is 23.8 Å². The Hall–Kier alpha value is -4.00. The van der Waals surface area contributed by atoms with E-state index in [9.17, 15) is 4.79 Å². The molecule has 0 fully saturated rings. The summed E-state index contributed by atoms with van der Waals surface area (Å²) in [5.74, 6) is 1.59. The largest absolute Gasteiger partial charge is 0.497 e. The molecule has 30 heavy (non-hydrogen) atoms. The number of para-hydroxylation sites is 1. The van der Waals surface area contributed by atoms with E-state index in [-0.39, 0.29) is 12.3 Å². The molecule has 0 saturated carbocycles. The third kappa shape index (κ3) is 4.70. The van der Waals surface area contributed by atoms with Crippen LogP contribution >= 0.6 is 0 Å². The van der Waals surface area contributed by atoms with E-state index in [1.165, 1.54) is 0 Å². The number of nitrogens with zero attached hydrogens (tertiary/aromatic N) is 3. The zero-order chi connectivity index (χ0) is 20.8. The SMILES string of the molecule is COc1cccc(CC(=O)Nc2ccccc2Cc2nc(-c3ccncc3)no2)c1. The van der Waals surface area contributed by atoms with Crippen LogP contribution in [0.2, 0.25) is 0 Å². The Kier molecular flexibility index (Phi) is 5.80. The van der Waals surface area contributed by atoms with Crippen molar-refractivity contribution in [2.45, 2.75) is 12.8 Å². The molecule has 1 N–H and O–H groups in total. The monoisotopic (exact) mass is 400 g/mol. The van der Waals surface area contributed by atoms with Crippen molar-refractivity contribution in [2.75, 3.05) is 12.4 Å². The predicted octanol–water partition coefficient (Wildman–Crippen LogP) is 3.91. The van der Waals surface area contributed by atoms with Crippen molar-refractivity contribution >= 4 is 11.6 Å². The highest BCUT2D eigenvalue weighted by atomic mass is 16.5. The Morgan fingerprint density at radius 3 is 2.73 bits per heavy atom. The summed E-state index contributed by atoms with van der Waals surface area (Å²) in [4.78, 5) is 21.0. The van der Waals surface area contributed by atoms with Crippen molar-refractivity contribution < 1.29 is 14.1 Å². The summed E-state index contributed by atoms with van der Waals surface area (Å²) in [5, 5.41) is 7.01. The number of amides is 1. The minimum atomic E-state index is -0.112. The van der Waals surface area contributed by atoms with E-state index >= 15 is 0 Å². The minimum absolute atomic E-state index is 0.112. The third-order valence-corrected chi connectivity index (χ3v) is 4.54. The van der Waals surface area contributed by atoms with E-state index in [1.54, 1.807) is 19.5 Å². The Bertz CT molecular complexity index is 1140. The molecule has 0 aliphatic heterocycles. The highest BCUT2D eigenvalue weighted by Crippen LogP contribution is 2.21. The number of carbonyl (C=O) groups is 1. The van der Waals surface area contributed by atoms with Crippen LogP contribution < -0.4 is 10.1 Å². The molecule has 0 atom stereocenters. The Morgan fingerprint density at radius 2 is 1.90 bits per heavy atom. The number of rotatable bonds is 7. The normalized spacial score (nSPS) is 10.6. The maximum Gasteiger partial charge on any atom is 0.231 e. The number of methoxy groups -OCH3 is 1. The first-order chi connectivity index (χ1) is 14.7. The molecule has 2 aromatic heterocycles. The summed E-state index contributed by atoms with van der Waals surface area (Å²) in [6.45, 7) is 0. The van der Waals surface area contributed by atoms with Gasteiger partial charge in [0.25, 0.3) is 0 Å². The van der Waals surface area contributed by atoms with E-state index in [2.05, 4.69) is 20.4 Å². The number of nitrogens with one attached hydrogen (secondary N) is 1. The van der Waals surface area contributed by atoms with Gasteiger partial charge >= 0.3 is 0 Å². The van der Waals surface area contributed by atoms with E-state index in [1.807, 2.05) is 60.7 Å². The maximum atomic E-state index is 12.6. The Morgan fingerprint density at radius 1 is 1.07 bits per heavy atom. The lowest BCUT2D eigenvalue weighted by Crippen LogP contribution is -2.15. The van der Waals surface area contributed by atoms with Crippen LogP contribution in [0.4, 0.5) is 5.69 Å². The Balaban J connectivity index is 1.46. The molecule has 0 bridgehead atoms. The average molecular weight is 400 g/mol. The van der Waals surface area contributed by atoms with Gasteiger partial charge in [-0.15, -0.1) is 0 Å². The van der Waals surface area contributed by atoms with Crippen molar-refractivity contribution in [1.29, 1.82) is 0 Å². The zero-order valence-electron chi connectivity index (χ0n) is 16.4. The number of ether oxygens (including phenoxy) is 1. The molecule has 0 aliphatic carbocycles. The summed E-state index contributed by atoms with van der Waals surface area (Å²) >= 11 is 0. The fourth-order valence-corrected chi connectivity index (χ4v) is 3.07. The smallest absolute Gasteiger partial charge is 0.231 e. The molecule has 0 unspecified atom stereocenters. The maximum absolute atomic E-state index is 12.6. The molecule has 1 amide bonds. The molecule has 4 aromatic rings. The molecule has 0 radical (unpaired) electrons. The fraction of sp³-hybridized carbons (Fsp3) is 0.130. The Labute approximate surface area is 173 Å². The van der Waals surface area contributed by atoms with Crippen LogP contribution in [0.15, 0.2) is 77.6 Å². The van der Waals surface area contributed by atoms with Gasteiger partial charge in [0, 0.05) is 23.6 Å². The van der Waals surface area contributed by atoms with Gasteiger partial charge in [-0.3, -0.25) is 9.78 Å². The summed E-state index contributed by atoms with van der Waals surface area (Å²) in [7, 11) is 1.60. The van der Waals surface area contributed by atoms with Gasteiger partial charge in [-0.2, -0.15) is 4.98 Å². The second-order valence-electron chi connectivity index (χ2n) is 6.66. The van der Waals surface area contributed by atoms with Gasteiger partial charge in [0.15, 0.2) is 0 Å². The molecule has 4 rings (SSSR count). The van der Waals surface area contributed by atoms with Crippen LogP contribution in [-0.4, -0.2) is 28.1 Å². The predicted molar refractivity (Wildman–Crippen MR) is 112 cm³/mol. The van der Waals surface area contributed by atoms with E-state index in [4.69, 9.17) is 9.26 Å². The number of aromatic nitrogens is 3. The van der Waals surface area contributed by atoms with Crippen molar-refractivity contribution in [3.05, 3.63) is 90.1 Å². The first-order valence-corrected chi connectivity index (χ1v) is 9.45. The summed E-state index contributed by atoms with van der Waals surface area (Å²) in [6.07, 6.45) is 4.02. The molecule has 0 saturated heterocycles. The molecular formula is C23H20N4O3. The number of carbonyl (C=O) groups excluding carboxylic acids is 1. The third-order valence-electron chi connectivity index (χ3n) is 4.54. The van der Waals surface area contributed by atoms with Gasteiger partial charge in [0.2, 0.25) is 17.6 Å². The number of benzene rings is 2. The molecule has 150 valence electrons. The topological polar surface area (TPSA) is 90.1 Å². The van der Waals surface area contributed by atoms with Gasteiger partial charge in [0.1, 0.15) is 5.75 Å². The van der Waals surface area contributed by atoms with Crippen LogP contribution in [0.25, 0.3) is 11.4 Å². The lowest BCUT2D eigenvalue weighted by atomic mass is 10.1. The highest BCUT2D eigenvalue weighted by Gasteiger charge is 2.13. The minimum Gasteiger partial charge on any atom is -0.497 e. The quantitative estimate of drug-likeness (QED) is 0.506. The second kappa shape index (κ2) is 9.00. The van der Waals surface area contributed by atoms with Gasteiger partial charge in [0.05, 0.1) is 20.0 Å². The zero-order valence-corrected chi connectivity index (χ0v) is 16.4. The molecule has 0 aliphatic rings. The van der Waals surface area contributed by atoms with Crippen molar-refractivity contribution in [1.82, 2.24) is 15.1 Å². The lowest BCUT2D eigenvalue weighted by Gasteiger charge is -2.10. The first kappa shape index (κ1) is 19.3. The van der Waals surface area contributed by atoms with Crippen molar-refractivity contribution in [3.63, 3.8) is 0 Å². The van der Waals surface area contributed by atoms with Crippen LogP contribution in [0.3, 0.4) is 0 Å². The van der Waals surface area contributed by atoms with E-state index in [0.717, 1.165) is 22.4 Å². The number of hydrogen-bond donors (Lipinski definition) is 1. The fourth-order valence-electron chi connectivity index (χ4n) is 3.07. The molecule has 2 aromatic carbocycles. The van der Waals surface area contributed by atoms with Gasteiger partial charge in [-0.25, -0.2) is 0 Å². The summed E-state index contributed by atoms with van der Waals surface area (Å²) in [6, 6.07) is 18.7. The van der Waals surface area contributed by atoms with Crippen LogP contribution in [0.1, 0.15) is 17.0 Å². The molecule has 7 nitrogen and oxygen atoms in total. The van der Waals surface area contributed by atoms with Crippen molar-refractivity contribution in [2.24, 2.45) is 0 Å². The number of hydrogen-bond acceptors (Lipinski definition) is 6. The molecule has 2 heterocycles. The standard InChI is InChI=1S/C23H20N4O3/c1-29-19-7-4-5-16(13-19)14-21(28)25-20-8-3-2-6-18(20)15-22-26-23(27-30-22)17-9-11-24-12-10-17/h2-13H,14-15H2,1H3,(H,25,28). The average Bonchev–Trinajstić information content (AvgIpc) is 3.24.